The van der Waals surface area contributed by atoms with Gasteiger partial charge >= 0.3 is 5.97 Å². The molecule has 0 aliphatic heterocycles. The number of hydrogen-bond acceptors (Lipinski definition) is 5. The van der Waals surface area contributed by atoms with Gasteiger partial charge in [-0.2, -0.15) is 0 Å². The van der Waals surface area contributed by atoms with Crippen LogP contribution in [0.1, 0.15) is 37.9 Å². The second-order valence-corrected chi connectivity index (χ2v) is 3.94. The fourth-order valence-electron chi connectivity index (χ4n) is 1.44. The summed E-state index contributed by atoms with van der Waals surface area (Å²) in [7, 11) is 0. The lowest BCUT2D eigenvalue weighted by Crippen LogP contribution is -2.12. The fraction of sp³-hybridized carbons (Fsp3) is 0.385. The molecule has 0 spiro atoms. The van der Waals surface area contributed by atoms with Crippen LogP contribution in [-0.2, 0) is 14.3 Å². The van der Waals surface area contributed by atoms with Gasteiger partial charge in [-0.3, -0.25) is 19.7 Å². The molecule has 0 saturated carbocycles. The third-order valence-corrected chi connectivity index (χ3v) is 2.50. The fourth-order valence-corrected chi connectivity index (χ4v) is 1.44. The second-order valence-electron chi connectivity index (χ2n) is 3.94. The largest absolute Gasteiger partial charge is 0.449 e. The third kappa shape index (κ3) is 4.50. The number of unbranched alkanes of at least 4 members (excludes halogenated alkanes) is 1. The number of carbonyl (C=O) groups excluding carboxylic acids is 2. The zero-order valence-corrected chi connectivity index (χ0v) is 10.5. The molecule has 6 nitrogen and oxygen atoms in total. The van der Waals surface area contributed by atoms with E-state index in [4.69, 9.17) is 4.74 Å². The standard InChI is InChI=1S/C13H14NO5/c1-2-3-4-13(16)19-12(9-15)10-5-7-11(8-6-10)14(17)18/h5-8,12H,2-4H2,1H3. The molecular formula is C13H14NO5. The highest BCUT2D eigenvalue weighted by Gasteiger charge is 2.17. The third-order valence-electron chi connectivity index (χ3n) is 2.50. The molecule has 0 N–H and O–H groups in total. The van der Waals surface area contributed by atoms with Gasteiger partial charge < -0.3 is 4.74 Å². The van der Waals surface area contributed by atoms with Gasteiger partial charge in [0.25, 0.3) is 5.69 Å². The maximum Gasteiger partial charge on any atom is 0.306 e. The molecule has 1 rings (SSSR count). The monoisotopic (exact) mass is 264 g/mol. The normalized spacial score (nSPS) is 11.6. The Labute approximate surface area is 110 Å². The number of nitrogens with zero attached hydrogens (tertiary/aromatic N) is 1. The molecule has 0 aliphatic rings. The van der Waals surface area contributed by atoms with Crippen molar-refractivity contribution in [1.82, 2.24) is 0 Å². The Bertz CT molecular complexity index is 455. The van der Waals surface area contributed by atoms with Crippen LogP contribution in [0.15, 0.2) is 24.3 Å². The Morgan fingerprint density at radius 2 is 2.05 bits per heavy atom. The highest BCUT2D eigenvalue weighted by molar-refractivity contribution is 5.73. The van der Waals surface area contributed by atoms with Crippen molar-refractivity contribution in [2.75, 3.05) is 0 Å². The maximum atomic E-state index is 11.4. The van der Waals surface area contributed by atoms with E-state index < -0.39 is 17.0 Å². The minimum Gasteiger partial charge on any atom is -0.449 e. The Balaban J connectivity index is 2.71. The van der Waals surface area contributed by atoms with Crippen molar-refractivity contribution in [3.05, 3.63) is 39.9 Å². The lowest BCUT2D eigenvalue weighted by molar-refractivity contribution is -0.384. The molecule has 6 heteroatoms. The van der Waals surface area contributed by atoms with Crippen molar-refractivity contribution >= 4 is 17.9 Å². The van der Waals surface area contributed by atoms with Crippen LogP contribution in [0.4, 0.5) is 5.69 Å². The summed E-state index contributed by atoms with van der Waals surface area (Å²) in [5.41, 5.74) is 0.274. The number of ether oxygens (including phenoxy) is 1. The summed E-state index contributed by atoms with van der Waals surface area (Å²) in [6, 6.07) is 5.25. The van der Waals surface area contributed by atoms with Crippen LogP contribution in [0, 0.1) is 10.1 Å². The molecule has 0 fully saturated rings. The van der Waals surface area contributed by atoms with Gasteiger partial charge in [0, 0.05) is 24.1 Å². The molecule has 0 amide bonds. The number of rotatable bonds is 7. The van der Waals surface area contributed by atoms with Crippen LogP contribution >= 0.6 is 0 Å². The van der Waals surface area contributed by atoms with Crippen molar-refractivity contribution in [3.8, 4) is 0 Å². The molecule has 0 aromatic heterocycles. The van der Waals surface area contributed by atoms with Crippen LogP contribution in [0.3, 0.4) is 0 Å². The molecule has 1 radical (unpaired) electrons. The summed E-state index contributed by atoms with van der Waals surface area (Å²) >= 11 is 0. The number of esters is 1. The smallest absolute Gasteiger partial charge is 0.306 e. The van der Waals surface area contributed by atoms with Gasteiger partial charge in [0.15, 0.2) is 6.10 Å². The summed E-state index contributed by atoms with van der Waals surface area (Å²) < 4.78 is 4.96. The predicted molar refractivity (Wildman–Crippen MR) is 67.1 cm³/mol. The van der Waals surface area contributed by atoms with E-state index >= 15 is 0 Å². The topological polar surface area (TPSA) is 86.5 Å². The second kappa shape index (κ2) is 7.25. The van der Waals surface area contributed by atoms with Crippen molar-refractivity contribution in [3.63, 3.8) is 0 Å². The summed E-state index contributed by atoms with van der Waals surface area (Å²) in [4.78, 5) is 32.2. The number of carbonyl (C=O) groups is 1. The number of benzene rings is 1. The van der Waals surface area contributed by atoms with Gasteiger partial charge in [0.1, 0.15) is 0 Å². The van der Waals surface area contributed by atoms with E-state index in [0.29, 0.717) is 12.0 Å². The van der Waals surface area contributed by atoms with E-state index in [1.807, 2.05) is 6.92 Å². The number of nitro benzene ring substituents is 1. The summed E-state index contributed by atoms with van der Waals surface area (Å²) in [5.74, 6) is -0.478. The Morgan fingerprint density at radius 3 is 2.53 bits per heavy atom. The molecule has 101 valence electrons. The van der Waals surface area contributed by atoms with Crippen molar-refractivity contribution < 1.29 is 19.2 Å². The quantitative estimate of drug-likeness (QED) is 0.429. The summed E-state index contributed by atoms with van der Waals surface area (Å²) in [6.45, 7) is 1.94. The van der Waals surface area contributed by atoms with Gasteiger partial charge in [-0.05, 0) is 18.6 Å². The lowest BCUT2D eigenvalue weighted by Gasteiger charge is -2.11. The first-order valence-corrected chi connectivity index (χ1v) is 5.90. The molecule has 1 unspecified atom stereocenters. The highest BCUT2D eigenvalue weighted by atomic mass is 16.6. The van der Waals surface area contributed by atoms with Gasteiger partial charge in [-0.25, -0.2) is 0 Å². The van der Waals surface area contributed by atoms with E-state index in [9.17, 15) is 19.7 Å². The van der Waals surface area contributed by atoms with E-state index in [-0.39, 0.29) is 12.1 Å². The molecule has 0 heterocycles. The van der Waals surface area contributed by atoms with Crippen molar-refractivity contribution in [2.45, 2.75) is 32.3 Å². The van der Waals surface area contributed by atoms with Gasteiger partial charge in [-0.15, -0.1) is 0 Å². The molecule has 1 aromatic rings. The molecule has 19 heavy (non-hydrogen) atoms. The van der Waals surface area contributed by atoms with Crippen LogP contribution in [0.5, 0.6) is 0 Å². The van der Waals surface area contributed by atoms with Gasteiger partial charge in [-0.1, -0.05) is 13.3 Å². The SMILES string of the molecule is CCCCC(=O)OC([C]=O)c1ccc([N+](=O)[O-])cc1. The van der Waals surface area contributed by atoms with Crippen LogP contribution in [0.2, 0.25) is 0 Å². The number of non-ortho nitro benzene ring substituents is 1. The average molecular weight is 264 g/mol. The Morgan fingerprint density at radius 1 is 1.42 bits per heavy atom. The first-order valence-electron chi connectivity index (χ1n) is 5.90. The van der Waals surface area contributed by atoms with Crippen molar-refractivity contribution in [1.29, 1.82) is 0 Å². The van der Waals surface area contributed by atoms with Crippen molar-refractivity contribution in [2.24, 2.45) is 0 Å². The minimum absolute atomic E-state index is 0.0919. The van der Waals surface area contributed by atoms with E-state index in [1.165, 1.54) is 24.3 Å². The Kier molecular flexibility index (Phi) is 5.66. The van der Waals surface area contributed by atoms with E-state index in [0.717, 1.165) is 6.42 Å². The molecule has 1 aromatic carbocycles. The molecule has 0 aliphatic carbocycles. The molecular weight excluding hydrogens is 250 g/mol. The maximum absolute atomic E-state index is 11.4. The van der Waals surface area contributed by atoms with E-state index in [1.54, 1.807) is 6.29 Å². The number of hydrogen-bond donors (Lipinski definition) is 0. The zero-order chi connectivity index (χ0) is 14.3. The van der Waals surface area contributed by atoms with Crippen LogP contribution < -0.4 is 0 Å². The highest BCUT2D eigenvalue weighted by Crippen LogP contribution is 2.20. The van der Waals surface area contributed by atoms with Crippen LogP contribution in [0.25, 0.3) is 0 Å². The van der Waals surface area contributed by atoms with E-state index in [2.05, 4.69) is 0 Å². The summed E-state index contributed by atoms with van der Waals surface area (Å²) in [6.07, 6.45) is 2.25. The molecule has 1 atom stereocenters. The first-order chi connectivity index (χ1) is 9.08. The number of nitro groups is 1. The minimum atomic E-state index is -1.13. The lowest BCUT2D eigenvalue weighted by atomic mass is 10.1. The first kappa shape index (κ1) is 14.8. The van der Waals surface area contributed by atoms with Gasteiger partial charge in [0.05, 0.1) is 4.92 Å². The van der Waals surface area contributed by atoms with Crippen LogP contribution in [-0.4, -0.2) is 17.2 Å². The Hall–Kier alpha value is -2.24. The average Bonchev–Trinajstić information content (AvgIpc) is 2.42. The zero-order valence-electron chi connectivity index (χ0n) is 10.5. The molecule has 0 bridgehead atoms. The summed E-state index contributed by atoms with van der Waals surface area (Å²) in [5, 5.41) is 10.5. The predicted octanol–water partition coefficient (Wildman–Crippen LogP) is 2.48. The van der Waals surface area contributed by atoms with Gasteiger partial charge in [0.2, 0.25) is 6.29 Å². The molecule has 0 saturated heterocycles.